The van der Waals surface area contributed by atoms with E-state index in [1.807, 2.05) is 0 Å². The minimum Gasteiger partial charge on any atom is -0.207 e. The van der Waals surface area contributed by atoms with Crippen molar-refractivity contribution in [1.29, 1.82) is 0 Å². The molecule has 0 saturated heterocycles. The average molecular weight is 229 g/mol. The Morgan fingerprint density at radius 1 is 1.53 bits per heavy atom. The summed E-state index contributed by atoms with van der Waals surface area (Å²) in [6.45, 7) is 5.11. The zero-order valence-electron chi connectivity index (χ0n) is 8.33. The van der Waals surface area contributed by atoms with E-state index in [2.05, 4.69) is 11.3 Å². The summed E-state index contributed by atoms with van der Waals surface area (Å²) in [5, 5.41) is 0. The van der Waals surface area contributed by atoms with Crippen molar-refractivity contribution in [3.05, 3.63) is 42.2 Å². The van der Waals surface area contributed by atoms with Gasteiger partial charge >= 0.3 is 0 Å². The van der Waals surface area contributed by atoms with Gasteiger partial charge in [-0.25, -0.2) is 17.5 Å². The largest absolute Gasteiger partial charge is 0.241 e. The van der Waals surface area contributed by atoms with E-state index in [1.54, 1.807) is 6.92 Å². The van der Waals surface area contributed by atoms with Gasteiger partial charge in [-0.05, 0) is 30.7 Å². The van der Waals surface area contributed by atoms with Crippen LogP contribution in [-0.2, 0) is 10.0 Å². The summed E-state index contributed by atoms with van der Waals surface area (Å²) < 4.78 is 38.4. The Hall–Kier alpha value is -1.20. The first-order valence-electron chi connectivity index (χ1n) is 4.34. The van der Waals surface area contributed by atoms with Crippen molar-refractivity contribution in [2.75, 3.05) is 6.54 Å². The first-order valence-corrected chi connectivity index (χ1v) is 5.82. The number of nitrogens with one attached hydrogen (secondary N) is 1. The van der Waals surface area contributed by atoms with Crippen molar-refractivity contribution in [1.82, 2.24) is 4.72 Å². The van der Waals surface area contributed by atoms with Crippen LogP contribution in [0.1, 0.15) is 5.56 Å². The molecule has 1 aromatic carbocycles. The van der Waals surface area contributed by atoms with E-state index in [0.717, 1.165) is 6.07 Å². The van der Waals surface area contributed by atoms with Gasteiger partial charge in [-0.1, -0.05) is 6.08 Å². The van der Waals surface area contributed by atoms with Crippen LogP contribution in [0, 0.1) is 12.7 Å². The lowest BCUT2D eigenvalue weighted by Gasteiger charge is -2.07. The van der Waals surface area contributed by atoms with Gasteiger partial charge in [-0.3, -0.25) is 0 Å². The molecule has 0 heterocycles. The quantitative estimate of drug-likeness (QED) is 0.797. The Labute approximate surface area is 88.7 Å². The highest BCUT2D eigenvalue weighted by atomic mass is 32.2. The lowest BCUT2D eigenvalue weighted by Crippen LogP contribution is -2.24. The second kappa shape index (κ2) is 4.55. The monoisotopic (exact) mass is 229 g/mol. The Morgan fingerprint density at radius 3 is 2.73 bits per heavy atom. The van der Waals surface area contributed by atoms with Gasteiger partial charge in [0, 0.05) is 6.54 Å². The highest BCUT2D eigenvalue weighted by molar-refractivity contribution is 7.89. The minimum atomic E-state index is -3.56. The van der Waals surface area contributed by atoms with Crippen molar-refractivity contribution in [2.24, 2.45) is 0 Å². The molecule has 0 unspecified atom stereocenters. The molecule has 0 spiro atoms. The molecule has 0 aliphatic heterocycles. The summed E-state index contributed by atoms with van der Waals surface area (Å²) in [6.07, 6.45) is 1.44. The van der Waals surface area contributed by atoms with Crippen molar-refractivity contribution < 1.29 is 12.8 Å². The number of halogens is 1. The maximum absolute atomic E-state index is 12.8. The van der Waals surface area contributed by atoms with Crippen LogP contribution in [0.2, 0.25) is 0 Å². The van der Waals surface area contributed by atoms with Gasteiger partial charge in [0.25, 0.3) is 0 Å². The van der Waals surface area contributed by atoms with Gasteiger partial charge in [0.2, 0.25) is 10.0 Å². The van der Waals surface area contributed by atoms with E-state index in [4.69, 9.17) is 0 Å². The van der Waals surface area contributed by atoms with Gasteiger partial charge in [0.1, 0.15) is 5.82 Å². The SMILES string of the molecule is C=CCNS(=O)(=O)c1ccc(F)cc1C. The third-order valence-corrected chi connectivity index (χ3v) is 3.43. The van der Waals surface area contributed by atoms with E-state index < -0.39 is 15.8 Å². The number of benzene rings is 1. The molecule has 5 heteroatoms. The Morgan fingerprint density at radius 2 is 2.20 bits per heavy atom. The third kappa shape index (κ3) is 2.87. The summed E-state index contributed by atoms with van der Waals surface area (Å²) in [6, 6.07) is 3.55. The van der Waals surface area contributed by atoms with Gasteiger partial charge < -0.3 is 0 Å². The average Bonchev–Trinajstić information content (AvgIpc) is 2.14. The van der Waals surface area contributed by atoms with Gasteiger partial charge in [-0.15, -0.1) is 6.58 Å². The summed E-state index contributed by atoms with van der Waals surface area (Å²) >= 11 is 0. The molecule has 15 heavy (non-hydrogen) atoms. The molecule has 0 amide bonds. The van der Waals surface area contributed by atoms with Crippen LogP contribution in [0.25, 0.3) is 0 Å². The molecule has 0 fully saturated rings. The van der Waals surface area contributed by atoms with Crippen molar-refractivity contribution >= 4 is 10.0 Å². The normalized spacial score (nSPS) is 11.3. The molecule has 0 radical (unpaired) electrons. The second-order valence-electron chi connectivity index (χ2n) is 3.05. The number of hydrogen-bond acceptors (Lipinski definition) is 2. The first kappa shape index (κ1) is 11.9. The molecule has 82 valence electrons. The Balaban J connectivity index is 3.10. The maximum atomic E-state index is 12.8. The van der Waals surface area contributed by atoms with E-state index >= 15 is 0 Å². The summed E-state index contributed by atoms with van der Waals surface area (Å²) in [7, 11) is -3.56. The van der Waals surface area contributed by atoms with E-state index in [1.165, 1.54) is 18.2 Å². The lowest BCUT2D eigenvalue weighted by atomic mass is 10.2. The van der Waals surface area contributed by atoms with Crippen LogP contribution in [0.5, 0.6) is 0 Å². The molecular weight excluding hydrogens is 217 g/mol. The highest BCUT2D eigenvalue weighted by Gasteiger charge is 2.15. The molecule has 1 aromatic rings. The number of hydrogen-bond donors (Lipinski definition) is 1. The molecule has 1 rings (SSSR count). The fraction of sp³-hybridized carbons (Fsp3) is 0.200. The molecule has 0 atom stereocenters. The standard InChI is InChI=1S/C10H12FNO2S/c1-3-6-12-15(13,14)10-5-4-9(11)7-8(10)2/h3-5,7,12H,1,6H2,2H3. The number of aryl methyl sites for hydroxylation is 1. The van der Waals surface area contributed by atoms with Crippen LogP contribution in [0.4, 0.5) is 4.39 Å². The fourth-order valence-electron chi connectivity index (χ4n) is 1.16. The van der Waals surface area contributed by atoms with Crippen LogP contribution in [0.3, 0.4) is 0 Å². The Kier molecular flexibility index (Phi) is 3.60. The number of sulfonamides is 1. The third-order valence-electron chi connectivity index (χ3n) is 1.84. The molecule has 0 aliphatic carbocycles. The molecule has 1 N–H and O–H groups in total. The van der Waals surface area contributed by atoms with Crippen molar-refractivity contribution in [3.63, 3.8) is 0 Å². The van der Waals surface area contributed by atoms with E-state index in [0.29, 0.717) is 5.56 Å². The van der Waals surface area contributed by atoms with Crippen LogP contribution in [-0.4, -0.2) is 15.0 Å². The first-order chi connectivity index (χ1) is 6.97. The zero-order valence-corrected chi connectivity index (χ0v) is 9.14. The zero-order chi connectivity index (χ0) is 11.5. The predicted octanol–water partition coefficient (Wildman–Crippen LogP) is 1.60. The minimum absolute atomic E-state index is 0.0887. The highest BCUT2D eigenvalue weighted by Crippen LogP contribution is 2.15. The Bertz CT molecular complexity index is 468. The van der Waals surface area contributed by atoms with Crippen LogP contribution < -0.4 is 4.72 Å². The smallest absolute Gasteiger partial charge is 0.207 e. The van der Waals surface area contributed by atoms with E-state index in [9.17, 15) is 12.8 Å². The van der Waals surface area contributed by atoms with Crippen molar-refractivity contribution in [3.8, 4) is 0 Å². The maximum Gasteiger partial charge on any atom is 0.241 e. The van der Waals surface area contributed by atoms with Gasteiger partial charge in [0.05, 0.1) is 4.90 Å². The summed E-state index contributed by atoms with van der Waals surface area (Å²) in [5.74, 6) is -0.449. The summed E-state index contributed by atoms with van der Waals surface area (Å²) in [5.41, 5.74) is 0.381. The topological polar surface area (TPSA) is 46.2 Å². The molecular formula is C10H12FNO2S. The molecule has 0 aliphatic rings. The molecule has 0 aromatic heterocycles. The number of rotatable bonds is 4. The molecule has 3 nitrogen and oxygen atoms in total. The van der Waals surface area contributed by atoms with Gasteiger partial charge in [0.15, 0.2) is 0 Å². The molecule has 0 saturated carbocycles. The van der Waals surface area contributed by atoms with E-state index in [-0.39, 0.29) is 11.4 Å². The fourth-order valence-corrected chi connectivity index (χ4v) is 2.38. The van der Waals surface area contributed by atoms with Crippen LogP contribution in [0.15, 0.2) is 35.7 Å². The van der Waals surface area contributed by atoms with Crippen LogP contribution >= 0.6 is 0 Å². The van der Waals surface area contributed by atoms with Gasteiger partial charge in [-0.2, -0.15) is 0 Å². The van der Waals surface area contributed by atoms with Crippen molar-refractivity contribution in [2.45, 2.75) is 11.8 Å². The summed E-state index contributed by atoms with van der Waals surface area (Å²) in [4.78, 5) is 0.0887. The second-order valence-corrected chi connectivity index (χ2v) is 4.79. The molecule has 0 bridgehead atoms. The predicted molar refractivity (Wildman–Crippen MR) is 56.5 cm³/mol. The lowest BCUT2D eigenvalue weighted by molar-refractivity contribution is 0.583.